The number of nitrogens with zero attached hydrogens (tertiary/aromatic N) is 1. The van der Waals surface area contributed by atoms with Crippen LogP contribution in [0.5, 0.6) is 17.2 Å². The highest BCUT2D eigenvalue weighted by Crippen LogP contribution is 2.35. The number of aliphatic hydroxyl groups excluding tert-OH is 1. The summed E-state index contributed by atoms with van der Waals surface area (Å²) in [7, 11) is 1.27. The number of allylic oxidation sites excluding steroid dienone is 1. The Morgan fingerprint density at radius 1 is 1.04 bits per heavy atom. The molecule has 2 atom stereocenters. The molecule has 14 heteroatoms. The van der Waals surface area contributed by atoms with Crippen LogP contribution in [0.1, 0.15) is 46.9 Å². The second-order valence-electron chi connectivity index (χ2n) is 9.90. The highest BCUT2D eigenvalue weighted by Gasteiger charge is 2.32. The zero-order valence-corrected chi connectivity index (χ0v) is 27.4. The number of carboxylic acids is 1. The molecule has 0 fully saturated rings. The zero-order chi connectivity index (χ0) is 33.2. The molecule has 0 aromatic heterocycles. The number of aliphatic hydroxyl groups is 1. The van der Waals surface area contributed by atoms with Gasteiger partial charge in [0, 0.05) is 5.70 Å². The van der Waals surface area contributed by atoms with Gasteiger partial charge in [0.2, 0.25) is 0 Å². The van der Waals surface area contributed by atoms with Gasteiger partial charge in [0.05, 0.1) is 40.7 Å². The number of carbonyl (C=O) groups is 3. The van der Waals surface area contributed by atoms with E-state index in [-0.39, 0.29) is 24.4 Å². The second-order valence-corrected chi connectivity index (χ2v) is 11.1. The molecule has 46 heavy (non-hydrogen) atoms. The Morgan fingerprint density at radius 3 is 2.46 bits per heavy atom. The predicted octanol–water partition coefficient (Wildman–Crippen LogP) is 4.09. The Balaban J connectivity index is 1.33. The molecule has 1 aliphatic heterocycles. The number of halogens is 1. The maximum atomic E-state index is 12.4. The first-order chi connectivity index (χ1) is 22.1. The lowest BCUT2D eigenvalue weighted by Gasteiger charge is -2.28. The van der Waals surface area contributed by atoms with E-state index in [2.05, 4.69) is 43.8 Å². The molecule has 3 aromatic rings. The first-order valence-corrected chi connectivity index (χ1v) is 15.1. The molecular formula is C32H33IN4O9. The van der Waals surface area contributed by atoms with Crippen LogP contribution in [-0.2, 0) is 16.1 Å². The SMILES string of the molecule is CCOc1cc([C@H]2NC(=O)NC(C)=C2C(=O)OC)ccc1OC[C@H](O)N/N=C\c1ccc(OCc2ccc(C(=O)O)cc2)c(I)c1. The monoisotopic (exact) mass is 744 g/mol. The van der Waals surface area contributed by atoms with Crippen LogP contribution in [0, 0.1) is 3.57 Å². The van der Waals surface area contributed by atoms with Crippen molar-refractivity contribution in [3.05, 3.63) is 97.8 Å². The van der Waals surface area contributed by atoms with E-state index < -0.39 is 30.2 Å². The summed E-state index contributed by atoms with van der Waals surface area (Å²) in [5.41, 5.74) is 5.65. The van der Waals surface area contributed by atoms with Crippen LogP contribution >= 0.6 is 22.6 Å². The molecule has 0 radical (unpaired) electrons. The lowest BCUT2D eigenvalue weighted by atomic mass is 9.95. The Kier molecular flexibility index (Phi) is 11.8. The molecule has 0 bridgehead atoms. The number of carboxylic acid groups (broad SMARTS) is 1. The summed E-state index contributed by atoms with van der Waals surface area (Å²) in [6.45, 7) is 3.87. The van der Waals surface area contributed by atoms with Crippen LogP contribution in [0.25, 0.3) is 0 Å². The Bertz CT molecular complexity index is 1640. The topological polar surface area (TPSA) is 177 Å². The van der Waals surface area contributed by atoms with Gasteiger partial charge in [-0.15, -0.1) is 0 Å². The zero-order valence-electron chi connectivity index (χ0n) is 25.2. The fraction of sp³-hybridized carbons (Fsp3) is 0.250. The smallest absolute Gasteiger partial charge is 0.337 e. The minimum atomic E-state index is -1.15. The van der Waals surface area contributed by atoms with E-state index in [9.17, 15) is 19.5 Å². The third-order valence-electron chi connectivity index (χ3n) is 6.66. The molecule has 0 aliphatic carbocycles. The summed E-state index contributed by atoms with van der Waals surface area (Å²) in [6, 6.07) is 15.7. The number of methoxy groups -OCH3 is 1. The van der Waals surface area contributed by atoms with Crippen LogP contribution in [0.2, 0.25) is 0 Å². The summed E-state index contributed by atoms with van der Waals surface area (Å²) in [4.78, 5) is 35.6. The number of hydrogen-bond donors (Lipinski definition) is 5. The highest BCUT2D eigenvalue weighted by molar-refractivity contribution is 14.1. The lowest BCUT2D eigenvalue weighted by Crippen LogP contribution is -2.45. The van der Waals surface area contributed by atoms with Gasteiger partial charge in [0.15, 0.2) is 17.7 Å². The molecule has 5 N–H and O–H groups in total. The minimum absolute atomic E-state index is 0.162. The van der Waals surface area contributed by atoms with E-state index >= 15 is 0 Å². The fourth-order valence-corrected chi connectivity index (χ4v) is 5.13. The van der Waals surface area contributed by atoms with Gasteiger partial charge in [-0.1, -0.05) is 18.2 Å². The first kappa shape index (κ1) is 34.1. The number of hydrazone groups is 1. The van der Waals surface area contributed by atoms with Gasteiger partial charge in [0.1, 0.15) is 19.0 Å². The molecular weight excluding hydrogens is 711 g/mol. The highest BCUT2D eigenvalue weighted by atomic mass is 127. The summed E-state index contributed by atoms with van der Waals surface area (Å²) >= 11 is 2.15. The van der Waals surface area contributed by atoms with Crippen LogP contribution in [0.4, 0.5) is 4.79 Å². The molecule has 242 valence electrons. The first-order valence-electron chi connectivity index (χ1n) is 14.1. The summed E-state index contributed by atoms with van der Waals surface area (Å²) < 4.78 is 23.1. The average Bonchev–Trinajstić information content (AvgIpc) is 3.03. The largest absolute Gasteiger partial charge is 0.490 e. The molecule has 1 heterocycles. The molecule has 1 aliphatic rings. The van der Waals surface area contributed by atoms with E-state index in [0.29, 0.717) is 35.1 Å². The van der Waals surface area contributed by atoms with E-state index in [1.807, 2.05) is 12.1 Å². The van der Waals surface area contributed by atoms with Crippen molar-refractivity contribution in [2.75, 3.05) is 20.3 Å². The minimum Gasteiger partial charge on any atom is -0.490 e. The molecule has 0 unspecified atom stereocenters. The maximum absolute atomic E-state index is 12.4. The molecule has 0 saturated heterocycles. The summed E-state index contributed by atoms with van der Waals surface area (Å²) in [5.74, 6) is -0.193. The normalized spacial score (nSPS) is 15.1. The predicted molar refractivity (Wildman–Crippen MR) is 176 cm³/mol. The van der Waals surface area contributed by atoms with Crippen molar-refractivity contribution in [3.63, 3.8) is 0 Å². The van der Waals surface area contributed by atoms with Gasteiger partial charge in [-0.05, 0) is 95.6 Å². The van der Waals surface area contributed by atoms with Gasteiger partial charge < -0.3 is 39.8 Å². The van der Waals surface area contributed by atoms with Crippen LogP contribution in [0.3, 0.4) is 0 Å². The number of amides is 2. The van der Waals surface area contributed by atoms with E-state index in [0.717, 1.165) is 14.7 Å². The van der Waals surface area contributed by atoms with Gasteiger partial charge in [-0.3, -0.25) is 5.43 Å². The van der Waals surface area contributed by atoms with Crippen LogP contribution in [0.15, 0.2) is 77.0 Å². The van der Waals surface area contributed by atoms with Gasteiger partial charge in [-0.2, -0.15) is 5.10 Å². The molecule has 0 saturated carbocycles. The second kappa shape index (κ2) is 15.9. The molecule has 0 spiro atoms. The summed E-state index contributed by atoms with van der Waals surface area (Å²) in [5, 5.41) is 28.9. The standard InChI is InChI=1S/C32H33IN4O9/c1-4-44-26-14-22(29-28(31(41)43-3)18(2)35-32(42)36-29)10-12-25(26)46-17-27(38)37-34-15-20-7-11-24(23(33)13-20)45-16-19-5-8-21(9-6-19)30(39)40/h5-15,27,29,37-38H,4,16-17H2,1-3H3,(H,39,40)(H2,35,36,42)/b34-15-/t27-,29+/m0/s1. The Morgan fingerprint density at radius 2 is 1.78 bits per heavy atom. The van der Waals surface area contributed by atoms with Crippen molar-refractivity contribution >= 4 is 46.8 Å². The molecule has 2 amide bonds. The third-order valence-corrected chi connectivity index (χ3v) is 7.50. The summed E-state index contributed by atoms with van der Waals surface area (Å²) in [6.07, 6.45) is 0.391. The number of hydrogen-bond acceptors (Lipinski definition) is 10. The van der Waals surface area contributed by atoms with Crippen LogP contribution < -0.4 is 30.3 Å². The van der Waals surface area contributed by atoms with Crippen molar-refractivity contribution in [2.24, 2.45) is 5.10 Å². The van der Waals surface area contributed by atoms with Crippen molar-refractivity contribution < 1.29 is 43.5 Å². The average molecular weight is 745 g/mol. The third kappa shape index (κ3) is 8.88. The molecule has 3 aromatic carbocycles. The number of ether oxygens (including phenoxy) is 4. The van der Waals surface area contributed by atoms with E-state index in [4.69, 9.17) is 24.1 Å². The molecule has 13 nitrogen and oxygen atoms in total. The number of carbonyl (C=O) groups excluding carboxylic acids is 2. The maximum Gasteiger partial charge on any atom is 0.337 e. The lowest BCUT2D eigenvalue weighted by molar-refractivity contribution is -0.136. The van der Waals surface area contributed by atoms with Crippen LogP contribution in [-0.4, -0.2) is 60.9 Å². The van der Waals surface area contributed by atoms with Gasteiger partial charge in [-0.25, -0.2) is 14.4 Å². The Labute approximate surface area is 278 Å². The quantitative estimate of drug-likeness (QED) is 0.0532. The van der Waals surface area contributed by atoms with E-state index in [1.54, 1.807) is 56.5 Å². The fourth-order valence-electron chi connectivity index (χ4n) is 4.44. The van der Waals surface area contributed by atoms with E-state index in [1.165, 1.54) is 19.2 Å². The number of aromatic carboxylic acids is 1. The van der Waals surface area contributed by atoms with Crippen molar-refractivity contribution in [1.29, 1.82) is 0 Å². The number of urea groups is 1. The Hall–Kier alpha value is -4.83. The number of esters is 1. The van der Waals surface area contributed by atoms with Gasteiger partial charge >= 0.3 is 18.0 Å². The van der Waals surface area contributed by atoms with Crippen molar-refractivity contribution in [3.8, 4) is 17.2 Å². The van der Waals surface area contributed by atoms with Crippen molar-refractivity contribution in [2.45, 2.75) is 32.7 Å². The number of nitrogens with one attached hydrogen (secondary N) is 3. The number of rotatable bonds is 14. The number of benzene rings is 3. The molecule has 4 rings (SSSR count). The van der Waals surface area contributed by atoms with Gasteiger partial charge in [0.25, 0.3) is 0 Å². The van der Waals surface area contributed by atoms with Crippen molar-refractivity contribution in [1.82, 2.24) is 16.1 Å².